The smallest absolute Gasteiger partial charge is 0.330 e. The van der Waals surface area contributed by atoms with Crippen LogP contribution in [-0.2, 0) is 27.4 Å². The van der Waals surface area contributed by atoms with Gasteiger partial charge in [0.15, 0.2) is 0 Å². The fourth-order valence-corrected chi connectivity index (χ4v) is 2.88. The number of hydrogen-bond acceptors (Lipinski definition) is 4. The van der Waals surface area contributed by atoms with Gasteiger partial charge in [-0.1, -0.05) is 33.0 Å². The van der Waals surface area contributed by atoms with Crippen LogP contribution in [0.15, 0.2) is 12.3 Å². The first-order valence-corrected chi connectivity index (χ1v) is 12.5. The van der Waals surface area contributed by atoms with Gasteiger partial charge in [0.2, 0.25) is 0 Å². The largest absolute Gasteiger partial charge is 0.463 e. The maximum absolute atomic E-state index is 11.5. The molecule has 0 saturated carbocycles. The van der Waals surface area contributed by atoms with Crippen molar-refractivity contribution in [3.8, 4) is 0 Å². The molecule has 0 amide bonds. The summed E-state index contributed by atoms with van der Waals surface area (Å²) in [4.78, 5) is 16.0. The molecule has 1 aromatic rings. The highest BCUT2D eigenvalue weighted by molar-refractivity contribution is 6.76. The van der Waals surface area contributed by atoms with Crippen molar-refractivity contribution in [2.75, 3.05) is 13.2 Å². The van der Waals surface area contributed by atoms with E-state index in [1.54, 1.807) is 19.2 Å². The molecule has 0 unspecified atom stereocenters. The fourth-order valence-electron chi connectivity index (χ4n) is 2.12. The van der Waals surface area contributed by atoms with Crippen LogP contribution >= 0.6 is 0 Å². The van der Waals surface area contributed by atoms with Crippen molar-refractivity contribution in [1.29, 1.82) is 0 Å². The first-order valence-electron chi connectivity index (χ1n) is 8.84. The van der Waals surface area contributed by atoms with Crippen LogP contribution in [0.25, 0.3) is 6.08 Å². The number of hydrogen-bond donors (Lipinski definition) is 0. The number of rotatable bonds is 11. The molecule has 0 bridgehead atoms. The molecule has 0 aromatic carbocycles. The summed E-state index contributed by atoms with van der Waals surface area (Å²) < 4.78 is 12.9. The highest BCUT2D eigenvalue weighted by atomic mass is 28.3. The zero-order valence-electron chi connectivity index (χ0n) is 15.8. The van der Waals surface area contributed by atoms with Gasteiger partial charge in [0.05, 0.1) is 18.5 Å². The molecule has 5 nitrogen and oxygen atoms in total. The lowest BCUT2D eigenvalue weighted by molar-refractivity contribution is -0.137. The third-order valence-electron chi connectivity index (χ3n) is 3.62. The molecule has 0 aliphatic rings. The first kappa shape index (κ1) is 20.6. The average Bonchev–Trinajstić information content (AvgIpc) is 2.89. The Bertz CT molecular complexity index is 533. The average molecular weight is 353 g/mol. The molecule has 0 saturated heterocycles. The first-order chi connectivity index (χ1) is 11.4. The number of imidazole rings is 1. The fraction of sp³-hybridized carbons (Fsp3) is 0.667. The number of carbonyl (C=O) groups is 1. The van der Waals surface area contributed by atoms with Gasteiger partial charge in [-0.3, -0.25) is 0 Å². The molecule has 136 valence electrons. The van der Waals surface area contributed by atoms with Gasteiger partial charge in [-0.05, 0) is 25.5 Å². The lowest BCUT2D eigenvalue weighted by atomic mass is 10.2. The van der Waals surface area contributed by atoms with Crippen molar-refractivity contribution in [3.63, 3.8) is 0 Å². The van der Waals surface area contributed by atoms with E-state index in [1.807, 2.05) is 0 Å². The van der Waals surface area contributed by atoms with Crippen LogP contribution in [0.2, 0.25) is 25.7 Å². The number of carbonyl (C=O) groups excluding carboxylic acids is 1. The Kier molecular flexibility index (Phi) is 9.00. The van der Waals surface area contributed by atoms with Crippen LogP contribution in [0.3, 0.4) is 0 Å². The van der Waals surface area contributed by atoms with Crippen molar-refractivity contribution in [2.45, 2.75) is 65.5 Å². The summed E-state index contributed by atoms with van der Waals surface area (Å²) in [5.41, 5.74) is 0.877. The van der Waals surface area contributed by atoms with E-state index in [0.717, 1.165) is 43.4 Å². The molecule has 0 aliphatic carbocycles. The van der Waals surface area contributed by atoms with E-state index in [2.05, 4.69) is 36.1 Å². The van der Waals surface area contributed by atoms with Crippen molar-refractivity contribution in [1.82, 2.24) is 9.55 Å². The number of aryl methyl sites for hydroxylation is 1. The van der Waals surface area contributed by atoms with Crippen LogP contribution in [0.4, 0.5) is 0 Å². The van der Waals surface area contributed by atoms with E-state index in [-0.39, 0.29) is 5.97 Å². The summed E-state index contributed by atoms with van der Waals surface area (Å²) in [6.07, 6.45) is 8.12. The number of ether oxygens (including phenoxy) is 2. The minimum absolute atomic E-state index is 0.333. The lowest BCUT2D eigenvalue weighted by Crippen LogP contribution is -2.22. The standard InChI is InChI=1S/C18H32N2O3Si/c1-6-8-9-17-19-14-16(10-11-18(21)23-7-2)20(17)15-22-12-13-24(3,4)5/h10-11,14H,6-9,12-13,15H2,1-5H3/b11-10-. The Hall–Kier alpha value is -1.40. The van der Waals surface area contributed by atoms with Gasteiger partial charge in [-0.15, -0.1) is 0 Å². The molecule has 1 aromatic heterocycles. The maximum Gasteiger partial charge on any atom is 0.330 e. The Balaban J connectivity index is 2.75. The topological polar surface area (TPSA) is 53.3 Å². The van der Waals surface area contributed by atoms with Gasteiger partial charge in [0, 0.05) is 27.2 Å². The van der Waals surface area contributed by atoms with E-state index in [4.69, 9.17) is 9.47 Å². The molecule has 0 aliphatic heterocycles. The summed E-state index contributed by atoms with van der Waals surface area (Å²) in [6.45, 7) is 12.6. The highest BCUT2D eigenvalue weighted by Gasteiger charge is 2.13. The van der Waals surface area contributed by atoms with Crippen molar-refractivity contribution >= 4 is 20.1 Å². The predicted molar refractivity (Wildman–Crippen MR) is 101 cm³/mol. The second-order valence-corrected chi connectivity index (χ2v) is 12.7. The van der Waals surface area contributed by atoms with E-state index >= 15 is 0 Å². The minimum atomic E-state index is -1.09. The second kappa shape index (κ2) is 10.5. The summed E-state index contributed by atoms with van der Waals surface area (Å²) in [5.74, 6) is 0.674. The van der Waals surface area contributed by atoms with Crippen LogP contribution in [-0.4, -0.2) is 36.8 Å². The second-order valence-electron chi connectivity index (χ2n) is 7.06. The Morgan fingerprint density at radius 1 is 1.33 bits per heavy atom. The molecule has 0 spiro atoms. The van der Waals surface area contributed by atoms with Crippen LogP contribution < -0.4 is 0 Å². The summed E-state index contributed by atoms with van der Waals surface area (Å²) in [5, 5.41) is 0. The minimum Gasteiger partial charge on any atom is -0.463 e. The highest BCUT2D eigenvalue weighted by Crippen LogP contribution is 2.13. The normalized spacial score (nSPS) is 12.0. The van der Waals surface area contributed by atoms with E-state index < -0.39 is 8.07 Å². The van der Waals surface area contributed by atoms with Crippen LogP contribution in [0, 0.1) is 0 Å². The molecular weight excluding hydrogens is 320 g/mol. The van der Waals surface area contributed by atoms with Gasteiger partial charge in [0.1, 0.15) is 12.6 Å². The van der Waals surface area contributed by atoms with Crippen molar-refractivity contribution < 1.29 is 14.3 Å². The summed E-state index contributed by atoms with van der Waals surface area (Å²) in [7, 11) is -1.09. The van der Waals surface area contributed by atoms with Crippen LogP contribution in [0.1, 0.15) is 38.2 Å². The lowest BCUT2D eigenvalue weighted by Gasteiger charge is -2.16. The zero-order valence-corrected chi connectivity index (χ0v) is 16.8. The molecule has 24 heavy (non-hydrogen) atoms. The van der Waals surface area contributed by atoms with Crippen molar-refractivity contribution in [3.05, 3.63) is 23.8 Å². The number of unbranched alkanes of at least 4 members (excludes halogenated alkanes) is 1. The molecule has 0 fully saturated rings. The Morgan fingerprint density at radius 3 is 2.71 bits per heavy atom. The molecule has 0 radical (unpaired) electrons. The van der Waals surface area contributed by atoms with Crippen molar-refractivity contribution in [2.24, 2.45) is 0 Å². The molecule has 0 atom stereocenters. The molecule has 1 heterocycles. The van der Waals surface area contributed by atoms with Gasteiger partial charge >= 0.3 is 5.97 Å². The summed E-state index contributed by atoms with van der Waals surface area (Å²) >= 11 is 0. The predicted octanol–water partition coefficient (Wildman–Crippen LogP) is 4.11. The molecule has 1 rings (SSSR count). The van der Waals surface area contributed by atoms with E-state index in [0.29, 0.717) is 13.3 Å². The summed E-state index contributed by atoms with van der Waals surface area (Å²) in [6, 6.07) is 1.14. The Morgan fingerprint density at radius 2 is 2.08 bits per heavy atom. The third-order valence-corrected chi connectivity index (χ3v) is 5.32. The number of esters is 1. The van der Waals surface area contributed by atoms with Gasteiger partial charge in [0.25, 0.3) is 0 Å². The third kappa shape index (κ3) is 7.92. The zero-order chi connectivity index (χ0) is 18.0. The Labute approximate surface area is 147 Å². The SMILES string of the molecule is CCCCc1ncc(/C=C\C(=O)OCC)n1COCC[Si](C)(C)C. The molecule has 0 N–H and O–H groups in total. The van der Waals surface area contributed by atoms with Gasteiger partial charge in [-0.25, -0.2) is 9.78 Å². The van der Waals surface area contributed by atoms with E-state index in [9.17, 15) is 4.79 Å². The monoisotopic (exact) mass is 352 g/mol. The quantitative estimate of drug-likeness (QED) is 0.260. The van der Waals surface area contributed by atoms with Crippen LogP contribution in [0.5, 0.6) is 0 Å². The maximum atomic E-state index is 11.5. The number of aromatic nitrogens is 2. The van der Waals surface area contributed by atoms with Gasteiger partial charge in [-0.2, -0.15) is 0 Å². The molecular formula is C18H32N2O3Si. The van der Waals surface area contributed by atoms with Gasteiger partial charge < -0.3 is 14.0 Å². The number of nitrogens with zero attached hydrogens (tertiary/aromatic N) is 2. The molecule has 6 heteroatoms. The van der Waals surface area contributed by atoms with E-state index in [1.165, 1.54) is 6.08 Å².